The van der Waals surface area contributed by atoms with Crippen molar-refractivity contribution < 1.29 is 4.79 Å². The van der Waals surface area contributed by atoms with E-state index in [1.807, 2.05) is 12.1 Å². The second-order valence-electron chi connectivity index (χ2n) is 4.83. The maximum absolute atomic E-state index is 12.2. The van der Waals surface area contributed by atoms with Crippen LogP contribution < -0.4 is 0 Å². The number of Topliss-reactive ketones (excluding diaryl/α,β-unsaturated/α-hetero) is 1. The molecule has 3 fully saturated rings. The van der Waals surface area contributed by atoms with Crippen LogP contribution in [0.15, 0.2) is 23.9 Å². The van der Waals surface area contributed by atoms with E-state index in [9.17, 15) is 4.79 Å². The van der Waals surface area contributed by atoms with Crippen LogP contribution in [-0.2, 0) is 4.79 Å². The van der Waals surface area contributed by atoms with Gasteiger partial charge in [0.05, 0.1) is 15.7 Å². The highest BCUT2D eigenvalue weighted by Crippen LogP contribution is 2.33. The standard InChI is InChI=1S/C14H13Cl2NO.ClH/c15-11-2-1-9(7-12(11)16)8-13-14(18)10-3-5-17(13)6-4-10;/h1-2,7-8,10H,3-6H2;1H/b13-8+;. The molecule has 3 aliphatic rings. The van der Waals surface area contributed by atoms with Crippen LogP contribution in [0.5, 0.6) is 0 Å². The minimum Gasteiger partial charge on any atom is -0.369 e. The van der Waals surface area contributed by atoms with Gasteiger partial charge in [-0.2, -0.15) is 0 Å². The lowest BCUT2D eigenvalue weighted by molar-refractivity contribution is -0.125. The van der Waals surface area contributed by atoms with Gasteiger partial charge < -0.3 is 4.90 Å². The molecule has 0 saturated carbocycles. The zero-order valence-electron chi connectivity index (χ0n) is 10.2. The number of piperidine rings is 3. The van der Waals surface area contributed by atoms with Gasteiger partial charge in [0.25, 0.3) is 0 Å². The Bertz CT molecular complexity index is 533. The molecular weight excluding hydrogens is 305 g/mol. The van der Waals surface area contributed by atoms with Gasteiger partial charge in [0, 0.05) is 19.0 Å². The first-order valence-electron chi connectivity index (χ1n) is 6.11. The summed E-state index contributed by atoms with van der Waals surface area (Å²) in [6.45, 7) is 1.98. The van der Waals surface area contributed by atoms with E-state index in [1.54, 1.807) is 12.1 Å². The Labute approximate surface area is 128 Å². The van der Waals surface area contributed by atoms with Crippen LogP contribution in [0, 0.1) is 5.92 Å². The highest BCUT2D eigenvalue weighted by Gasteiger charge is 2.36. The van der Waals surface area contributed by atoms with E-state index in [-0.39, 0.29) is 24.1 Å². The smallest absolute Gasteiger partial charge is 0.182 e. The van der Waals surface area contributed by atoms with Gasteiger partial charge in [0.2, 0.25) is 0 Å². The van der Waals surface area contributed by atoms with Crippen molar-refractivity contribution in [1.29, 1.82) is 0 Å². The summed E-state index contributed by atoms with van der Waals surface area (Å²) in [5.41, 5.74) is 1.76. The van der Waals surface area contributed by atoms with Crippen molar-refractivity contribution >= 4 is 47.5 Å². The van der Waals surface area contributed by atoms with Gasteiger partial charge in [-0.25, -0.2) is 0 Å². The summed E-state index contributed by atoms with van der Waals surface area (Å²) in [4.78, 5) is 14.3. The molecule has 3 heterocycles. The summed E-state index contributed by atoms with van der Waals surface area (Å²) in [7, 11) is 0. The fourth-order valence-corrected chi connectivity index (χ4v) is 2.98. The molecule has 0 unspecified atom stereocenters. The van der Waals surface area contributed by atoms with Crippen molar-refractivity contribution in [2.45, 2.75) is 12.8 Å². The number of carbonyl (C=O) groups excluding carboxylic acids is 1. The number of halogens is 3. The molecule has 0 aromatic heterocycles. The van der Waals surface area contributed by atoms with E-state index in [0.29, 0.717) is 10.0 Å². The van der Waals surface area contributed by atoms with E-state index < -0.39 is 0 Å². The average Bonchev–Trinajstić information content (AvgIpc) is 2.38. The molecule has 3 saturated heterocycles. The Morgan fingerprint density at radius 2 is 1.84 bits per heavy atom. The number of carbonyl (C=O) groups is 1. The second kappa shape index (κ2) is 5.74. The summed E-state index contributed by atoms with van der Waals surface area (Å²) in [5, 5.41) is 1.06. The van der Waals surface area contributed by atoms with Gasteiger partial charge in [0.15, 0.2) is 5.78 Å². The van der Waals surface area contributed by atoms with Crippen LogP contribution in [0.3, 0.4) is 0 Å². The van der Waals surface area contributed by atoms with Crippen LogP contribution in [0.25, 0.3) is 6.08 Å². The molecule has 1 aromatic carbocycles. The van der Waals surface area contributed by atoms with Crippen LogP contribution in [0.2, 0.25) is 10.0 Å². The van der Waals surface area contributed by atoms with Gasteiger partial charge in [-0.15, -0.1) is 12.4 Å². The molecule has 0 amide bonds. The third-order valence-electron chi connectivity index (χ3n) is 3.71. The first-order valence-corrected chi connectivity index (χ1v) is 6.86. The van der Waals surface area contributed by atoms with E-state index in [1.165, 1.54) is 0 Å². The second-order valence-corrected chi connectivity index (χ2v) is 5.64. The highest BCUT2D eigenvalue weighted by molar-refractivity contribution is 6.42. The number of fused-ring (bicyclic) bond motifs is 3. The zero-order chi connectivity index (χ0) is 12.7. The Hall–Kier alpha value is -0.700. The summed E-state index contributed by atoms with van der Waals surface area (Å²) >= 11 is 11.9. The highest BCUT2D eigenvalue weighted by atomic mass is 35.5. The first-order chi connectivity index (χ1) is 8.65. The van der Waals surface area contributed by atoms with Crippen molar-refractivity contribution in [2.24, 2.45) is 5.92 Å². The van der Waals surface area contributed by atoms with Crippen molar-refractivity contribution in [3.63, 3.8) is 0 Å². The number of benzene rings is 1. The van der Waals surface area contributed by atoms with Gasteiger partial charge >= 0.3 is 0 Å². The molecule has 2 nitrogen and oxygen atoms in total. The molecule has 19 heavy (non-hydrogen) atoms. The lowest BCUT2D eigenvalue weighted by Gasteiger charge is -2.41. The minimum atomic E-state index is 0. The predicted octanol–water partition coefficient (Wildman–Crippen LogP) is 4.05. The average molecular weight is 319 g/mol. The van der Waals surface area contributed by atoms with Gasteiger partial charge in [-0.05, 0) is 36.6 Å². The van der Waals surface area contributed by atoms with Crippen molar-refractivity contribution in [3.8, 4) is 0 Å². The molecule has 0 aliphatic carbocycles. The molecular formula is C14H14Cl3NO. The summed E-state index contributed by atoms with van der Waals surface area (Å²) in [5.74, 6) is 0.502. The molecule has 0 N–H and O–H groups in total. The summed E-state index contributed by atoms with van der Waals surface area (Å²) in [6.07, 6.45) is 3.92. The van der Waals surface area contributed by atoms with Gasteiger partial charge in [-0.1, -0.05) is 29.3 Å². The topological polar surface area (TPSA) is 20.3 Å². The third-order valence-corrected chi connectivity index (χ3v) is 4.44. The normalized spacial score (nSPS) is 20.8. The molecule has 5 heteroatoms. The molecule has 0 radical (unpaired) electrons. The Kier molecular flexibility index (Phi) is 4.44. The lowest BCUT2D eigenvalue weighted by Crippen LogP contribution is -2.45. The molecule has 1 aromatic rings. The van der Waals surface area contributed by atoms with Crippen molar-refractivity contribution in [3.05, 3.63) is 39.5 Å². The van der Waals surface area contributed by atoms with E-state index in [4.69, 9.17) is 23.2 Å². The Balaban J connectivity index is 0.00000133. The van der Waals surface area contributed by atoms with Crippen LogP contribution in [0.1, 0.15) is 18.4 Å². The molecule has 4 rings (SSSR count). The van der Waals surface area contributed by atoms with Crippen molar-refractivity contribution in [2.75, 3.05) is 13.1 Å². The van der Waals surface area contributed by atoms with Crippen molar-refractivity contribution in [1.82, 2.24) is 4.90 Å². The van der Waals surface area contributed by atoms with Crippen LogP contribution in [-0.4, -0.2) is 23.8 Å². The molecule has 0 spiro atoms. The fraction of sp³-hybridized carbons (Fsp3) is 0.357. The molecule has 2 bridgehead atoms. The summed E-state index contributed by atoms with van der Waals surface area (Å²) in [6, 6.07) is 5.45. The molecule has 3 aliphatic heterocycles. The van der Waals surface area contributed by atoms with Gasteiger partial charge in [0.1, 0.15) is 0 Å². The fourth-order valence-electron chi connectivity index (χ4n) is 2.67. The van der Waals surface area contributed by atoms with Crippen LogP contribution in [0.4, 0.5) is 0 Å². The largest absolute Gasteiger partial charge is 0.369 e. The predicted molar refractivity (Wildman–Crippen MR) is 81.0 cm³/mol. The minimum absolute atomic E-state index is 0. The SMILES string of the molecule is Cl.O=C1/C(=C\c2ccc(Cl)c(Cl)c2)N2CCC1CC2. The number of hydrogen-bond donors (Lipinski definition) is 0. The molecule has 0 atom stereocenters. The Morgan fingerprint density at radius 1 is 1.16 bits per heavy atom. The van der Waals surface area contributed by atoms with E-state index >= 15 is 0 Å². The van der Waals surface area contributed by atoms with Gasteiger partial charge in [-0.3, -0.25) is 4.79 Å². The van der Waals surface area contributed by atoms with Crippen LogP contribution >= 0.6 is 35.6 Å². The zero-order valence-corrected chi connectivity index (χ0v) is 12.6. The summed E-state index contributed by atoms with van der Waals surface area (Å²) < 4.78 is 0. The number of hydrogen-bond acceptors (Lipinski definition) is 2. The van der Waals surface area contributed by atoms with E-state index in [0.717, 1.165) is 37.2 Å². The quantitative estimate of drug-likeness (QED) is 0.728. The number of nitrogens with zero attached hydrogens (tertiary/aromatic N) is 1. The molecule has 102 valence electrons. The monoisotopic (exact) mass is 317 g/mol. The van der Waals surface area contributed by atoms with E-state index in [2.05, 4.69) is 4.90 Å². The number of ketones is 1. The number of rotatable bonds is 1. The number of allylic oxidation sites excluding steroid dienone is 1. The lowest BCUT2D eigenvalue weighted by atomic mass is 9.84. The Morgan fingerprint density at radius 3 is 2.42 bits per heavy atom. The third kappa shape index (κ3) is 2.76. The maximum atomic E-state index is 12.2. The maximum Gasteiger partial charge on any atom is 0.182 e. The first kappa shape index (κ1) is 14.7.